The minimum absolute atomic E-state index is 0.0581. The molecular formula is C91H88N4. The van der Waals surface area contributed by atoms with E-state index in [0.717, 1.165) is 66.1 Å². The second-order valence-corrected chi connectivity index (χ2v) is 28.4. The summed E-state index contributed by atoms with van der Waals surface area (Å²) < 4.78 is 2.20. The molecule has 0 spiro atoms. The molecule has 95 heavy (non-hydrogen) atoms. The van der Waals surface area contributed by atoms with Crippen LogP contribution in [-0.4, -0.2) is 14.8 Å². The zero-order valence-corrected chi connectivity index (χ0v) is 56.7. The molecule has 0 amide bonds. The molecule has 0 saturated heterocycles. The van der Waals surface area contributed by atoms with Gasteiger partial charge >= 0.3 is 0 Å². The van der Waals surface area contributed by atoms with E-state index in [9.17, 15) is 0 Å². The van der Waals surface area contributed by atoms with Crippen molar-refractivity contribution in [3.05, 3.63) is 288 Å². The van der Waals surface area contributed by atoms with Crippen molar-refractivity contribution in [1.29, 1.82) is 0 Å². The van der Waals surface area contributed by atoms with Crippen molar-refractivity contribution >= 4 is 17.1 Å². The number of anilines is 3. The lowest BCUT2D eigenvalue weighted by molar-refractivity contribution is 0.414. The van der Waals surface area contributed by atoms with E-state index in [1.807, 2.05) is 0 Å². The van der Waals surface area contributed by atoms with Gasteiger partial charge in [0.25, 0.3) is 0 Å². The summed E-state index contributed by atoms with van der Waals surface area (Å²) >= 11 is 0. The van der Waals surface area contributed by atoms with Crippen molar-refractivity contribution in [2.24, 2.45) is 0 Å². The van der Waals surface area contributed by atoms with Crippen molar-refractivity contribution in [2.75, 3.05) is 4.90 Å². The lowest BCUT2D eigenvalue weighted by Gasteiger charge is -2.34. The number of fused-ring (bicyclic) bond motifs is 9. The molecule has 0 atom stereocenters. The van der Waals surface area contributed by atoms with E-state index in [0.29, 0.717) is 0 Å². The molecule has 0 N–H and O–H groups in total. The van der Waals surface area contributed by atoms with Gasteiger partial charge in [-0.25, -0.2) is 0 Å². The van der Waals surface area contributed by atoms with Gasteiger partial charge in [-0.2, -0.15) is 0 Å². The van der Waals surface area contributed by atoms with Crippen LogP contribution in [-0.2, 0) is 22.7 Å². The maximum atomic E-state index is 4.90. The molecule has 0 unspecified atom stereocenters. The summed E-state index contributed by atoms with van der Waals surface area (Å²) in [5, 5.41) is 9.77. The number of hydrogen-bond donors (Lipinski definition) is 0. The topological polar surface area (TPSA) is 34.0 Å². The first kappa shape index (κ1) is 61.5. The standard InChI is InChI=1S/C91H88N4/c1-8-12-50-90(51-13-9-2)83-58-66(65-37-45-78-71(56-65)57-70-55-64(36-44-77(70)78)63-26-25-27-69(54-63)88-93-92-87(95(88)75-32-23-18-24-33-75)62-34-41-72(42-35-62)89(5,6)7)38-46-79(83)80-47-39-67(59-84(80)90)68-40-48-81-82-49-43-76(94(73-28-19-16-20-29-73)74-30-21-17-22-31-74)61-86(82)91(52-14-10-3,53-15-11-4)85(81)60-68/h16-49,54-56,58-61H,8-15,50-53,57H2,1-7H3. The summed E-state index contributed by atoms with van der Waals surface area (Å²) in [6.45, 7) is 16.2. The first-order valence-corrected chi connectivity index (χ1v) is 35.5. The molecule has 4 nitrogen and oxygen atoms in total. The smallest absolute Gasteiger partial charge is 0.168 e. The lowest BCUT2D eigenvalue weighted by Crippen LogP contribution is -2.26. The summed E-state index contributed by atoms with van der Waals surface area (Å²) in [6, 6.07) is 94.4. The van der Waals surface area contributed by atoms with Crippen LogP contribution in [0.15, 0.2) is 249 Å². The van der Waals surface area contributed by atoms with Gasteiger partial charge in [0.05, 0.1) is 0 Å². The highest BCUT2D eigenvalue weighted by Gasteiger charge is 2.45. The van der Waals surface area contributed by atoms with Crippen molar-refractivity contribution in [3.8, 4) is 95.2 Å². The third-order valence-electron chi connectivity index (χ3n) is 21.5. The van der Waals surface area contributed by atoms with Crippen LogP contribution in [0.1, 0.15) is 164 Å². The molecule has 3 aliphatic carbocycles. The molecule has 15 rings (SSSR count). The minimum atomic E-state index is -0.0898. The molecule has 12 aromatic rings. The van der Waals surface area contributed by atoms with Crippen LogP contribution in [0.4, 0.5) is 17.1 Å². The molecule has 0 aliphatic heterocycles. The average molecular weight is 1240 g/mol. The van der Waals surface area contributed by atoms with E-state index in [1.54, 1.807) is 0 Å². The van der Waals surface area contributed by atoms with Crippen LogP contribution in [0.3, 0.4) is 0 Å². The van der Waals surface area contributed by atoms with E-state index < -0.39 is 0 Å². The Morgan fingerprint density at radius 1 is 0.337 bits per heavy atom. The molecule has 472 valence electrons. The lowest BCUT2D eigenvalue weighted by atomic mass is 9.69. The number of rotatable bonds is 21. The first-order chi connectivity index (χ1) is 46.5. The zero-order valence-electron chi connectivity index (χ0n) is 56.7. The normalized spacial score (nSPS) is 13.6. The van der Waals surface area contributed by atoms with Gasteiger partial charge in [-0.15, -0.1) is 10.2 Å². The van der Waals surface area contributed by atoms with Gasteiger partial charge in [-0.3, -0.25) is 4.57 Å². The van der Waals surface area contributed by atoms with E-state index in [-0.39, 0.29) is 16.2 Å². The highest BCUT2D eigenvalue weighted by molar-refractivity contribution is 5.91. The third kappa shape index (κ3) is 11.1. The Bertz CT molecular complexity index is 4720. The van der Waals surface area contributed by atoms with Gasteiger partial charge in [-0.05, 0) is 216 Å². The molecule has 0 fully saturated rings. The number of hydrogen-bond acceptors (Lipinski definition) is 3. The summed E-state index contributed by atoms with van der Waals surface area (Å²) in [7, 11) is 0. The Balaban J connectivity index is 0.744. The Labute approximate surface area is 564 Å². The van der Waals surface area contributed by atoms with Gasteiger partial charge in [0.2, 0.25) is 0 Å². The highest BCUT2D eigenvalue weighted by Crippen LogP contribution is 2.59. The average Bonchev–Trinajstić information content (AvgIpc) is 1.57. The van der Waals surface area contributed by atoms with Crippen molar-refractivity contribution < 1.29 is 0 Å². The number of benzene rings is 11. The molecule has 1 aromatic heterocycles. The van der Waals surface area contributed by atoms with Crippen LogP contribution in [0.2, 0.25) is 0 Å². The minimum Gasteiger partial charge on any atom is -0.310 e. The second kappa shape index (κ2) is 25.6. The first-order valence-electron chi connectivity index (χ1n) is 35.5. The summed E-state index contributed by atoms with van der Waals surface area (Å²) in [6.07, 6.45) is 14.9. The third-order valence-corrected chi connectivity index (χ3v) is 21.5. The van der Waals surface area contributed by atoms with Crippen LogP contribution >= 0.6 is 0 Å². The van der Waals surface area contributed by atoms with Gasteiger partial charge in [-0.1, -0.05) is 276 Å². The number of nitrogens with zero attached hydrogens (tertiary/aromatic N) is 4. The Morgan fingerprint density at radius 3 is 1.15 bits per heavy atom. The van der Waals surface area contributed by atoms with E-state index >= 15 is 0 Å². The van der Waals surface area contributed by atoms with E-state index in [2.05, 4.69) is 307 Å². The molecule has 4 heteroatoms. The maximum Gasteiger partial charge on any atom is 0.168 e. The Hall–Kier alpha value is -9.64. The fourth-order valence-corrected chi connectivity index (χ4v) is 16.5. The van der Waals surface area contributed by atoms with Gasteiger partial charge < -0.3 is 4.90 Å². The summed E-state index contributed by atoms with van der Waals surface area (Å²) in [4.78, 5) is 2.45. The fourth-order valence-electron chi connectivity index (χ4n) is 16.5. The van der Waals surface area contributed by atoms with Crippen LogP contribution in [0, 0.1) is 0 Å². The SMILES string of the molecule is CCCCC1(CCCC)c2cc(-c3ccc4c(c3)Cc3cc(-c5cccc(-c6nnc(-c7ccc(C(C)(C)C)cc7)n6-c6ccccc6)c5)ccc3-4)ccc2-c2ccc(-c3ccc4c(c3)C(CCCC)(CCCC)c3cc(N(c5ccccc5)c5ccccc5)ccc3-4)cc21. The fraction of sp³-hybridized carbons (Fsp3) is 0.253. The molecule has 0 saturated carbocycles. The van der Waals surface area contributed by atoms with E-state index in [1.165, 1.54) is 169 Å². The monoisotopic (exact) mass is 1240 g/mol. The van der Waals surface area contributed by atoms with E-state index in [4.69, 9.17) is 10.2 Å². The Kier molecular flexibility index (Phi) is 16.6. The van der Waals surface area contributed by atoms with Gasteiger partial charge in [0.15, 0.2) is 11.6 Å². The molecule has 1 heterocycles. The molecular weight excluding hydrogens is 1150 g/mol. The van der Waals surface area contributed by atoms with Crippen LogP contribution in [0.25, 0.3) is 95.2 Å². The zero-order chi connectivity index (χ0) is 64.8. The molecule has 0 radical (unpaired) electrons. The molecule has 0 bridgehead atoms. The van der Waals surface area contributed by atoms with Crippen LogP contribution < -0.4 is 4.90 Å². The quantitative estimate of drug-likeness (QED) is 0.0719. The number of unbranched alkanes of at least 4 members (excludes halogenated alkanes) is 4. The van der Waals surface area contributed by atoms with Crippen molar-refractivity contribution in [1.82, 2.24) is 14.8 Å². The maximum absolute atomic E-state index is 4.90. The van der Waals surface area contributed by atoms with Crippen molar-refractivity contribution in [3.63, 3.8) is 0 Å². The van der Waals surface area contributed by atoms with Gasteiger partial charge in [0, 0.05) is 44.7 Å². The number of para-hydroxylation sites is 3. The molecule has 11 aromatic carbocycles. The predicted molar refractivity (Wildman–Crippen MR) is 401 cm³/mol. The van der Waals surface area contributed by atoms with Gasteiger partial charge in [0.1, 0.15) is 0 Å². The molecule has 3 aliphatic rings. The summed E-state index contributed by atoms with van der Waals surface area (Å²) in [5.41, 5.74) is 32.6. The highest BCUT2D eigenvalue weighted by atomic mass is 15.3. The summed E-state index contributed by atoms with van der Waals surface area (Å²) in [5.74, 6) is 1.65. The largest absolute Gasteiger partial charge is 0.310 e. The number of aromatic nitrogens is 3. The van der Waals surface area contributed by atoms with Crippen LogP contribution in [0.5, 0.6) is 0 Å². The van der Waals surface area contributed by atoms with Crippen molar-refractivity contribution in [2.45, 2.75) is 148 Å². The predicted octanol–water partition coefficient (Wildman–Crippen LogP) is 25.2. The second-order valence-electron chi connectivity index (χ2n) is 28.4. The Morgan fingerprint density at radius 2 is 0.705 bits per heavy atom.